The first kappa shape index (κ1) is 15.3. The van der Waals surface area contributed by atoms with E-state index < -0.39 is 0 Å². The highest BCUT2D eigenvalue weighted by molar-refractivity contribution is 7.08. The van der Waals surface area contributed by atoms with Crippen molar-refractivity contribution < 1.29 is 4.79 Å². The number of aryl methyl sites for hydroxylation is 2. The van der Waals surface area contributed by atoms with Gasteiger partial charge < -0.3 is 4.90 Å². The third kappa shape index (κ3) is 2.59. The number of nitrogens with zero attached hydrogens (tertiary/aromatic N) is 3. The zero-order chi connectivity index (χ0) is 16.7. The van der Waals surface area contributed by atoms with Crippen molar-refractivity contribution in [3.63, 3.8) is 0 Å². The largest absolute Gasteiger partial charge is 0.332 e. The lowest BCUT2D eigenvalue weighted by atomic mass is 10.1. The van der Waals surface area contributed by atoms with E-state index >= 15 is 0 Å². The first-order chi connectivity index (χ1) is 11.6. The Balaban J connectivity index is 1.69. The van der Waals surface area contributed by atoms with Gasteiger partial charge in [-0.15, -0.1) is 0 Å². The van der Waals surface area contributed by atoms with Crippen LogP contribution in [0.15, 0.2) is 35.0 Å². The van der Waals surface area contributed by atoms with Crippen molar-refractivity contribution in [2.45, 2.75) is 32.7 Å². The van der Waals surface area contributed by atoms with Gasteiger partial charge in [0.05, 0.1) is 28.5 Å². The number of carbonyl (C=O) groups excluding carboxylic acids is 1. The molecule has 2 aromatic heterocycles. The van der Waals surface area contributed by atoms with Gasteiger partial charge in [-0.2, -0.15) is 11.3 Å². The summed E-state index contributed by atoms with van der Waals surface area (Å²) < 4.78 is 0. The summed E-state index contributed by atoms with van der Waals surface area (Å²) in [5.41, 5.74) is 5.41. The molecule has 24 heavy (non-hydrogen) atoms. The predicted octanol–water partition coefficient (Wildman–Crippen LogP) is 4.29. The Bertz CT molecular complexity index is 904. The lowest BCUT2D eigenvalue weighted by molar-refractivity contribution is 0.0736. The van der Waals surface area contributed by atoms with Gasteiger partial charge in [-0.3, -0.25) is 4.79 Å². The maximum atomic E-state index is 13.0. The molecule has 4 rings (SSSR count). The first-order valence-corrected chi connectivity index (χ1v) is 9.16. The third-order valence-corrected chi connectivity index (χ3v) is 5.47. The molecule has 1 aliphatic heterocycles. The SMILES string of the molecule is Cc1nc2ccc(C(=O)N3CCCC3c3ccsc3)cc2nc1C. The summed E-state index contributed by atoms with van der Waals surface area (Å²) in [7, 11) is 0. The van der Waals surface area contributed by atoms with E-state index in [-0.39, 0.29) is 11.9 Å². The van der Waals surface area contributed by atoms with Gasteiger partial charge in [-0.1, -0.05) is 0 Å². The van der Waals surface area contributed by atoms with Gasteiger partial charge in [0.1, 0.15) is 0 Å². The molecule has 4 nitrogen and oxygen atoms in total. The van der Waals surface area contributed by atoms with Crippen LogP contribution in [0.2, 0.25) is 0 Å². The van der Waals surface area contributed by atoms with E-state index in [1.54, 1.807) is 11.3 Å². The van der Waals surface area contributed by atoms with E-state index in [0.29, 0.717) is 5.56 Å². The van der Waals surface area contributed by atoms with Crippen LogP contribution in [0.4, 0.5) is 0 Å². The molecule has 1 aromatic carbocycles. The van der Waals surface area contributed by atoms with Crippen LogP contribution in [0.5, 0.6) is 0 Å². The average molecular weight is 337 g/mol. The first-order valence-electron chi connectivity index (χ1n) is 8.21. The molecule has 1 atom stereocenters. The molecular weight excluding hydrogens is 318 g/mol. The van der Waals surface area contributed by atoms with Crippen molar-refractivity contribution in [2.24, 2.45) is 0 Å². The van der Waals surface area contributed by atoms with E-state index in [2.05, 4.69) is 26.8 Å². The molecule has 0 bridgehead atoms. The topological polar surface area (TPSA) is 46.1 Å². The normalized spacial score (nSPS) is 17.6. The summed E-state index contributed by atoms with van der Waals surface area (Å²) in [6, 6.07) is 7.97. The molecular formula is C19H19N3OS. The monoisotopic (exact) mass is 337 g/mol. The van der Waals surface area contributed by atoms with Crippen LogP contribution in [-0.4, -0.2) is 27.3 Å². The average Bonchev–Trinajstić information content (AvgIpc) is 3.25. The Hall–Kier alpha value is -2.27. The molecule has 5 heteroatoms. The Morgan fingerprint density at radius 1 is 1.17 bits per heavy atom. The molecule has 0 aliphatic carbocycles. The number of amides is 1. The van der Waals surface area contributed by atoms with E-state index in [1.807, 2.05) is 36.9 Å². The summed E-state index contributed by atoms with van der Waals surface area (Å²) in [6.07, 6.45) is 2.09. The molecule has 3 heterocycles. The molecule has 0 saturated carbocycles. The zero-order valence-electron chi connectivity index (χ0n) is 13.8. The van der Waals surface area contributed by atoms with E-state index in [1.165, 1.54) is 5.56 Å². The van der Waals surface area contributed by atoms with Crippen molar-refractivity contribution in [2.75, 3.05) is 6.54 Å². The smallest absolute Gasteiger partial charge is 0.254 e. The summed E-state index contributed by atoms with van der Waals surface area (Å²) in [6.45, 7) is 4.72. The fourth-order valence-corrected chi connectivity index (χ4v) is 4.06. The van der Waals surface area contributed by atoms with Crippen LogP contribution in [0.3, 0.4) is 0 Å². The van der Waals surface area contributed by atoms with Crippen LogP contribution in [0.1, 0.15) is 46.2 Å². The van der Waals surface area contributed by atoms with Crippen LogP contribution in [0, 0.1) is 13.8 Å². The Labute approximate surface area is 145 Å². The summed E-state index contributed by atoms with van der Waals surface area (Å²) in [5, 5.41) is 4.22. The standard InChI is InChI=1S/C19H19N3OS/c1-12-13(2)21-17-10-14(5-6-16(17)20-12)19(23)22-8-3-4-18(22)15-7-9-24-11-15/h5-7,9-11,18H,3-4,8H2,1-2H3. The molecule has 1 amide bonds. The molecule has 1 fully saturated rings. The minimum Gasteiger partial charge on any atom is -0.332 e. The molecule has 3 aromatic rings. The zero-order valence-corrected chi connectivity index (χ0v) is 14.6. The van der Waals surface area contributed by atoms with Gasteiger partial charge in [0, 0.05) is 12.1 Å². The van der Waals surface area contributed by atoms with E-state index in [0.717, 1.165) is 41.8 Å². The second kappa shape index (κ2) is 5.98. The maximum Gasteiger partial charge on any atom is 0.254 e. The number of thiophene rings is 1. The number of carbonyl (C=O) groups is 1. The quantitative estimate of drug-likeness (QED) is 0.701. The van der Waals surface area contributed by atoms with Crippen molar-refractivity contribution in [1.82, 2.24) is 14.9 Å². The highest BCUT2D eigenvalue weighted by Gasteiger charge is 2.30. The Morgan fingerprint density at radius 2 is 1.96 bits per heavy atom. The maximum absolute atomic E-state index is 13.0. The molecule has 0 radical (unpaired) electrons. The molecule has 0 spiro atoms. The Morgan fingerprint density at radius 3 is 2.71 bits per heavy atom. The number of rotatable bonds is 2. The van der Waals surface area contributed by atoms with Crippen LogP contribution in [0.25, 0.3) is 11.0 Å². The number of hydrogen-bond acceptors (Lipinski definition) is 4. The predicted molar refractivity (Wildman–Crippen MR) is 96.3 cm³/mol. The molecule has 0 N–H and O–H groups in total. The number of likely N-dealkylation sites (tertiary alicyclic amines) is 1. The molecule has 122 valence electrons. The molecule has 1 unspecified atom stereocenters. The van der Waals surface area contributed by atoms with Crippen LogP contribution in [-0.2, 0) is 0 Å². The van der Waals surface area contributed by atoms with E-state index in [9.17, 15) is 4.79 Å². The van der Waals surface area contributed by atoms with Crippen molar-refractivity contribution >= 4 is 28.3 Å². The van der Waals surface area contributed by atoms with Gasteiger partial charge in [-0.25, -0.2) is 9.97 Å². The van der Waals surface area contributed by atoms with Gasteiger partial charge in [0.2, 0.25) is 0 Å². The molecule has 1 saturated heterocycles. The van der Waals surface area contributed by atoms with Gasteiger partial charge in [0.25, 0.3) is 5.91 Å². The fraction of sp³-hybridized carbons (Fsp3) is 0.316. The second-order valence-corrected chi connectivity index (χ2v) is 7.09. The summed E-state index contributed by atoms with van der Waals surface area (Å²) >= 11 is 1.68. The van der Waals surface area contributed by atoms with Gasteiger partial charge in [-0.05, 0) is 67.3 Å². The van der Waals surface area contributed by atoms with Gasteiger partial charge in [0.15, 0.2) is 0 Å². The highest BCUT2D eigenvalue weighted by atomic mass is 32.1. The molecule has 1 aliphatic rings. The number of aromatic nitrogens is 2. The Kier molecular flexibility index (Phi) is 3.81. The van der Waals surface area contributed by atoms with Crippen LogP contribution >= 0.6 is 11.3 Å². The summed E-state index contributed by atoms with van der Waals surface area (Å²) in [5.74, 6) is 0.0885. The van der Waals surface area contributed by atoms with Gasteiger partial charge >= 0.3 is 0 Å². The minimum atomic E-state index is 0.0885. The summed E-state index contributed by atoms with van der Waals surface area (Å²) in [4.78, 5) is 24.2. The number of hydrogen-bond donors (Lipinski definition) is 0. The minimum absolute atomic E-state index is 0.0885. The van der Waals surface area contributed by atoms with Crippen molar-refractivity contribution in [1.29, 1.82) is 0 Å². The lowest BCUT2D eigenvalue weighted by Crippen LogP contribution is -2.30. The highest BCUT2D eigenvalue weighted by Crippen LogP contribution is 2.34. The number of fused-ring (bicyclic) bond motifs is 1. The fourth-order valence-electron chi connectivity index (χ4n) is 3.35. The van der Waals surface area contributed by atoms with E-state index in [4.69, 9.17) is 0 Å². The number of benzene rings is 1. The lowest BCUT2D eigenvalue weighted by Gasteiger charge is -2.24. The third-order valence-electron chi connectivity index (χ3n) is 4.76. The van der Waals surface area contributed by atoms with Crippen molar-refractivity contribution in [3.8, 4) is 0 Å². The van der Waals surface area contributed by atoms with Crippen LogP contribution < -0.4 is 0 Å². The van der Waals surface area contributed by atoms with Crippen molar-refractivity contribution in [3.05, 3.63) is 57.5 Å². The second-order valence-electron chi connectivity index (χ2n) is 6.31.